The highest BCUT2D eigenvalue weighted by Crippen LogP contribution is 2.27. The Labute approximate surface area is 151 Å². The number of fused-ring (bicyclic) bond motifs is 1. The first-order valence-corrected chi connectivity index (χ1v) is 8.16. The van der Waals surface area contributed by atoms with Crippen molar-refractivity contribution >= 4 is 18.3 Å². The second-order valence-electron chi connectivity index (χ2n) is 6.40. The van der Waals surface area contributed by atoms with Crippen molar-refractivity contribution in [2.75, 3.05) is 26.2 Å². The number of furan rings is 1. The lowest BCUT2D eigenvalue weighted by Crippen LogP contribution is -2.31. The molecule has 3 heterocycles. The van der Waals surface area contributed by atoms with Crippen LogP contribution in [-0.4, -0.2) is 37.0 Å². The lowest BCUT2D eigenvalue weighted by atomic mass is 10.0. The summed E-state index contributed by atoms with van der Waals surface area (Å²) in [6.07, 6.45) is 0. The van der Waals surface area contributed by atoms with Crippen molar-refractivity contribution in [3.63, 3.8) is 0 Å². The van der Waals surface area contributed by atoms with E-state index in [4.69, 9.17) is 9.15 Å². The molecule has 2 fully saturated rings. The Morgan fingerprint density at radius 2 is 1.84 bits per heavy atom. The van der Waals surface area contributed by atoms with Crippen molar-refractivity contribution in [1.29, 1.82) is 0 Å². The van der Waals surface area contributed by atoms with Crippen LogP contribution in [0.15, 0.2) is 40.8 Å². The van der Waals surface area contributed by atoms with Crippen LogP contribution in [0.1, 0.15) is 16.3 Å². The Hall–Kier alpha value is -2.05. The van der Waals surface area contributed by atoms with Crippen LogP contribution in [0.5, 0.6) is 5.75 Å². The molecule has 0 bridgehead atoms. The average molecular weight is 367 g/mol. The molecule has 1 aromatic carbocycles. The quantitative estimate of drug-likeness (QED) is 0.904. The number of benzene rings is 1. The fourth-order valence-electron chi connectivity index (χ4n) is 3.43. The maximum absolute atomic E-state index is 12.9. The summed E-state index contributed by atoms with van der Waals surface area (Å²) in [5.74, 6) is 2.23. The number of hydrogen-bond donors (Lipinski definition) is 1. The van der Waals surface area contributed by atoms with Crippen LogP contribution in [0, 0.1) is 17.7 Å². The molecule has 7 heteroatoms. The summed E-state index contributed by atoms with van der Waals surface area (Å²) in [4.78, 5) is 14.4. The second kappa shape index (κ2) is 7.45. The van der Waals surface area contributed by atoms with Gasteiger partial charge in [-0.3, -0.25) is 4.79 Å². The van der Waals surface area contributed by atoms with E-state index in [0.29, 0.717) is 29.1 Å². The standard InChI is InChI=1S/C18H19FN2O3.ClH/c19-14-1-3-15(4-2-14)23-11-16-5-6-17(24-16)18(22)21-9-12-7-20-8-13(12)10-21;/h1-6,12-13,20H,7-11H2;1H/t12-,13+;. The molecule has 0 aliphatic carbocycles. The van der Waals surface area contributed by atoms with Crippen molar-refractivity contribution < 1.29 is 18.3 Å². The largest absolute Gasteiger partial charge is 0.486 e. The third kappa shape index (κ3) is 3.80. The second-order valence-corrected chi connectivity index (χ2v) is 6.40. The van der Waals surface area contributed by atoms with Crippen LogP contribution >= 0.6 is 12.4 Å². The zero-order chi connectivity index (χ0) is 16.5. The van der Waals surface area contributed by atoms with E-state index in [-0.39, 0.29) is 30.7 Å². The van der Waals surface area contributed by atoms with Gasteiger partial charge >= 0.3 is 0 Å². The molecule has 2 atom stereocenters. The molecule has 1 N–H and O–H groups in total. The molecule has 5 nitrogen and oxygen atoms in total. The maximum atomic E-state index is 12.9. The van der Waals surface area contributed by atoms with Crippen LogP contribution in [0.25, 0.3) is 0 Å². The molecule has 0 unspecified atom stereocenters. The molecule has 1 aromatic heterocycles. The lowest BCUT2D eigenvalue weighted by Gasteiger charge is -2.15. The molecule has 1 amide bonds. The number of nitrogens with one attached hydrogen (secondary N) is 1. The molecule has 134 valence electrons. The van der Waals surface area contributed by atoms with Gasteiger partial charge in [0.2, 0.25) is 0 Å². The van der Waals surface area contributed by atoms with E-state index in [1.807, 2.05) is 4.90 Å². The smallest absolute Gasteiger partial charge is 0.289 e. The molecule has 0 spiro atoms. The predicted octanol–water partition coefficient (Wildman–Crippen LogP) is 2.71. The van der Waals surface area contributed by atoms with E-state index in [1.54, 1.807) is 24.3 Å². The number of carbonyl (C=O) groups excluding carboxylic acids is 1. The fourth-order valence-corrected chi connectivity index (χ4v) is 3.43. The SMILES string of the molecule is Cl.O=C(c1ccc(COc2ccc(F)cc2)o1)N1C[C@H]2CNC[C@H]2C1. The van der Waals surface area contributed by atoms with Gasteiger partial charge in [0.15, 0.2) is 5.76 Å². The van der Waals surface area contributed by atoms with Gasteiger partial charge in [0, 0.05) is 26.2 Å². The summed E-state index contributed by atoms with van der Waals surface area (Å²) in [5.41, 5.74) is 0. The van der Waals surface area contributed by atoms with Crippen LogP contribution in [0.2, 0.25) is 0 Å². The summed E-state index contributed by atoms with van der Waals surface area (Å²) in [6.45, 7) is 3.76. The number of carbonyl (C=O) groups is 1. The summed E-state index contributed by atoms with van der Waals surface area (Å²) in [6, 6.07) is 9.23. The molecule has 2 aromatic rings. The van der Waals surface area contributed by atoms with Crippen molar-refractivity contribution in [3.8, 4) is 5.75 Å². The highest BCUT2D eigenvalue weighted by Gasteiger charge is 2.38. The van der Waals surface area contributed by atoms with Gasteiger partial charge in [0.1, 0.15) is 23.9 Å². The Balaban J connectivity index is 0.00000182. The average Bonchev–Trinajstić information content (AvgIpc) is 3.29. The third-order valence-corrected chi connectivity index (χ3v) is 4.74. The molecule has 4 rings (SSSR count). The Morgan fingerprint density at radius 1 is 1.16 bits per heavy atom. The molecular weight excluding hydrogens is 347 g/mol. The Morgan fingerprint density at radius 3 is 2.52 bits per heavy atom. The van der Waals surface area contributed by atoms with E-state index in [9.17, 15) is 9.18 Å². The van der Waals surface area contributed by atoms with E-state index >= 15 is 0 Å². The normalized spacial score (nSPS) is 21.7. The maximum Gasteiger partial charge on any atom is 0.289 e. The molecule has 2 aliphatic heterocycles. The van der Waals surface area contributed by atoms with Crippen LogP contribution in [0.3, 0.4) is 0 Å². The minimum absolute atomic E-state index is 0. The highest BCUT2D eigenvalue weighted by atomic mass is 35.5. The number of ether oxygens (including phenoxy) is 1. The molecular formula is C18H20ClFN2O3. The van der Waals surface area contributed by atoms with Crippen molar-refractivity contribution in [3.05, 3.63) is 53.7 Å². The molecule has 0 saturated carbocycles. The number of likely N-dealkylation sites (tertiary alicyclic amines) is 1. The summed E-state index contributed by atoms with van der Waals surface area (Å²) in [5, 5.41) is 3.36. The summed E-state index contributed by atoms with van der Waals surface area (Å²) < 4.78 is 24.0. The number of nitrogens with zero attached hydrogens (tertiary/aromatic N) is 1. The number of amides is 1. The zero-order valence-corrected chi connectivity index (χ0v) is 14.4. The monoisotopic (exact) mass is 366 g/mol. The minimum Gasteiger partial charge on any atom is -0.486 e. The number of hydrogen-bond acceptors (Lipinski definition) is 4. The molecule has 25 heavy (non-hydrogen) atoms. The van der Waals surface area contributed by atoms with Gasteiger partial charge in [-0.15, -0.1) is 12.4 Å². The number of rotatable bonds is 4. The molecule has 2 saturated heterocycles. The van der Waals surface area contributed by atoms with E-state index < -0.39 is 0 Å². The van der Waals surface area contributed by atoms with Gasteiger partial charge in [-0.05, 0) is 48.2 Å². The highest BCUT2D eigenvalue weighted by molar-refractivity contribution is 5.91. The summed E-state index contributed by atoms with van der Waals surface area (Å²) >= 11 is 0. The number of halogens is 2. The summed E-state index contributed by atoms with van der Waals surface area (Å²) in [7, 11) is 0. The fraction of sp³-hybridized carbons (Fsp3) is 0.389. The van der Waals surface area contributed by atoms with Gasteiger partial charge in [-0.2, -0.15) is 0 Å². The Bertz CT molecular complexity index is 722. The first-order valence-electron chi connectivity index (χ1n) is 8.16. The van der Waals surface area contributed by atoms with Crippen molar-refractivity contribution in [2.24, 2.45) is 11.8 Å². The van der Waals surface area contributed by atoms with E-state index in [1.165, 1.54) is 12.1 Å². The Kier molecular flexibility index (Phi) is 5.30. The van der Waals surface area contributed by atoms with Gasteiger partial charge in [-0.1, -0.05) is 0 Å². The third-order valence-electron chi connectivity index (χ3n) is 4.74. The topological polar surface area (TPSA) is 54.7 Å². The minimum atomic E-state index is -0.307. The first kappa shape index (κ1) is 17.8. The molecule has 0 radical (unpaired) electrons. The van der Waals surface area contributed by atoms with Crippen LogP contribution < -0.4 is 10.1 Å². The van der Waals surface area contributed by atoms with Crippen molar-refractivity contribution in [1.82, 2.24) is 10.2 Å². The van der Waals surface area contributed by atoms with E-state index in [2.05, 4.69) is 5.32 Å². The van der Waals surface area contributed by atoms with Gasteiger partial charge in [0.05, 0.1) is 0 Å². The lowest BCUT2D eigenvalue weighted by molar-refractivity contribution is 0.0746. The van der Waals surface area contributed by atoms with Crippen LogP contribution in [-0.2, 0) is 6.61 Å². The van der Waals surface area contributed by atoms with Crippen LogP contribution in [0.4, 0.5) is 4.39 Å². The molecule has 2 aliphatic rings. The van der Waals surface area contributed by atoms with Gasteiger partial charge in [-0.25, -0.2) is 4.39 Å². The van der Waals surface area contributed by atoms with Gasteiger partial charge in [0.25, 0.3) is 5.91 Å². The van der Waals surface area contributed by atoms with E-state index in [0.717, 1.165) is 26.2 Å². The van der Waals surface area contributed by atoms with Gasteiger partial charge < -0.3 is 19.4 Å². The first-order chi connectivity index (χ1) is 11.7. The predicted molar refractivity (Wildman–Crippen MR) is 92.4 cm³/mol. The van der Waals surface area contributed by atoms with Crippen molar-refractivity contribution in [2.45, 2.75) is 6.61 Å². The zero-order valence-electron chi connectivity index (χ0n) is 13.6.